The molecule has 11 heteroatoms. The van der Waals surface area contributed by atoms with Crippen LogP contribution in [0.5, 0.6) is 0 Å². The van der Waals surface area contributed by atoms with Crippen molar-refractivity contribution in [3.05, 3.63) is 64.7 Å². The number of aliphatic hydroxyl groups is 1. The van der Waals surface area contributed by atoms with Crippen molar-refractivity contribution in [1.82, 2.24) is 14.7 Å². The van der Waals surface area contributed by atoms with Gasteiger partial charge in [0.15, 0.2) is 0 Å². The van der Waals surface area contributed by atoms with E-state index in [0.717, 1.165) is 35.8 Å². The van der Waals surface area contributed by atoms with Gasteiger partial charge in [0.2, 0.25) is 0 Å². The van der Waals surface area contributed by atoms with Crippen LogP contribution in [0.4, 0.5) is 18.9 Å². The molecule has 2 aliphatic heterocycles. The summed E-state index contributed by atoms with van der Waals surface area (Å²) in [5.41, 5.74) is -2.72. The Hall–Kier alpha value is -2.82. The number of hydrogen-bond donors (Lipinski definition) is 1. The molecule has 7 nitrogen and oxygen atoms in total. The van der Waals surface area contributed by atoms with Gasteiger partial charge in [-0.1, -0.05) is 41.9 Å². The Morgan fingerprint density at radius 3 is 2.13 bits per heavy atom. The van der Waals surface area contributed by atoms with E-state index in [1.807, 2.05) is 13.1 Å². The SMILES string of the molecule is CN(C)C(=O)c1ccc(N(C)C2CN(C3CCN(C(=O)[C@](O)(c4ccccc4)C(F)(F)F)CC3)C2)cc1Cl. The molecule has 206 valence electrons. The van der Waals surface area contributed by atoms with Crippen LogP contribution < -0.4 is 4.90 Å². The van der Waals surface area contributed by atoms with Crippen molar-refractivity contribution in [3.63, 3.8) is 0 Å². The monoisotopic (exact) mass is 552 g/mol. The molecular formula is C27H32ClF3N4O3. The second kappa shape index (κ2) is 10.7. The highest BCUT2D eigenvalue weighted by Gasteiger charge is 2.62. The fraction of sp³-hybridized carbons (Fsp3) is 0.481. The minimum atomic E-state index is -5.14. The second-order valence-electron chi connectivity index (χ2n) is 10.2. The fourth-order valence-electron chi connectivity index (χ4n) is 5.13. The van der Waals surface area contributed by atoms with Crippen molar-refractivity contribution in [3.8, 4) is 0 Å². The quantitative estimate of drug-likeness (QED) is 0.593. The van der Waals surface area contributed by atoms with Crippen molar-refractivity contribution < 1.29 is 27.9 Å². The van der Waals surface area contributed by atoms with E-state index >= 15 is 0 Å². The Balaban J connectivity index is 1.33. The van der Waals surface area contributed by atoms with E-state index in [0.29, 0.717) is 23.4 Å². The van der Waals surface area contributed by atoms with E-state index in [1.54, 1.807) is 26.2 Å². The van der Waals surface area contributed by atoms with Crippen LogP contribution in [0.25, 0.3) is 0 Å². The number of carbonyl (C=O) groups is 2. The smallest absolute Gasteiger partial charge is 0.369 e. The maximum Gasteiger partial charge on any atom is 0.430 e. The number of carbonyl (C=O) groups excluding carboxylic acids is 2. The minimum Gasteiger partial charge on any atom is -0.369 e. The van der Waals surface area contributed by atoms with Gasteiger partial charge < -0.3 is 19.8 Å². The van der Waals surface area contributed by atoms with E-state index in [9.17, 15) is 27.9 Å². The van der Waals surface area contributed by atoms with Gasteiger partial charge in [-0.2, -0.15) is 13.2 Å². The molecular weight excluding hydrogens is 521 g/mol. The number of nitrogens with zero attached hydrogens (tertiary/aromatic N) is 4. The molecule has 38 heavy (non-hydrogen) atoms. The van der Waals surface area contributed by atoms with Crippen LogP contribution in [-0.2, 0) is 10.4 Å². The zero-order valence-electron chi connectivity index (χ0n) is 21.6. The molecule has 0 aromatic heterocycles. The summed E-state index contributed by atoms with van der Waals surface area (Å²) in [6.07, 6.45) is -4.09. The van der Waals surface area contributed by atoms with Gasteiger partial charge in [-0.3, -0.25) is 14.5 Å². The van der Waals surface area contributed by atoms with Crippen LogP contribution in [-0.4, -0.2) is 97.2 Å². The number of halogens is 4. The number of hydrogen-bond acceptors (Lipinski definition) is 5. The lowest BCUT2D eigenvalue weighted by atomic mass is 9.89. The van der Waals surface area contributed by atoms with Crippen molar-refractivity contribution in [1.29, 1.82) is 0 Å². The Morgan fingerprint density at radius 1 is 1.00 bits per heavy atom. The molecule has 2 aromatic rings. The first-order chi connectivity index (χ1) is 17.8. The third-order valence-corrected chi connectivity index (χ3v) is 7.93. The van der Waals surface area contributed by atoms with Crippen LogP contribution in [0, 0.1) is 0 Å². The number of likely N-dealkylation sites (N-methyl/N-ethyl adjacent to an activating group) is 1. The summed E-state index contributed by atoms with van der Waals surface area (Å²) in [5.74, 6) is -1.50. The first-order valence-corrected chi connectivity index (χ1v) is 12.8. The van der Waals surface area contributed by atoms with E-state index in [2.05, 4.69) is 9.80 Å². The summed E-state index contributed by atoms with van der Waals surface area (Å²) in [5, 5.41) is 11.0. The largest absolute Gasteiger partial charge is 0.430 e. The molecule has 0 bridgehead atoms. The number of likely N-dealkylation sites (tertiary alicyclic amines) is 2. The van der Waals surface area contributed by atoms with Gasteiger partial charge in [0.05, 0.1) is 16.6 Å². The summed E-state index contributed by atoms with van der Waals surface area (Å²) < 4.78 is 41.7. The number of benzene rings is 2. The molecule has 1 N–H and O–H groups in total. The lowest BCUT2D eigenvalue weighted by Crippen LogP contribution is -2.64. The molecule has 0 unspecified atom stereocenters. The number of anilines is 1. The van der Waals surface area contributed by atoms with Gasteiger partial charge in [0, 0.05) is 64.6 Å². The van der Waals surface area contributed by atoms with Crippen molar-refractivity contribution >= 4 is 29.1 Å². The molecule has 2 aliphatic rings. The molecule has 2 saturated heterocycles. The predicted molar refractivity (Wildman–Crippen MR) is 139 cm³/mol. The summed E-state index contributed by atoms with van der Waals surface area (Å²) >= 11 is 6.36. The highest BCUT2D eigenvalue weighted by molar-refractivity contribution is 6.34. The highest BCUT2D eigenvalue weighted by atomic mass is 35.5. The van der Waals surface area contributed by atoms with Crippen LogP contribution in [0.2, 0.25) is 5.02 Å². The van der Waals surface area contributed by atoms with Gasteiger partial charge in [-0.05, 0) is 31.0 Å². The molecule has 0 spiro atoms. The van der Waals surface area contributed by atoms with Gasteiger partial charge in [0.25, 0.3) is 17.4 Å². The first kappa shape index (κ1) is 28.2. The molecule has 0 saturated carbocycles. The Bertz CT molecular complexity index is 1170. The van der Waals surface area contributed by atoms with Crippen LogP contribution in [0.1, 0.15) is 28.8 Å². The van der Waals surface area contributed by atoms with Crippen molar-refractivity contribution in [2.45, 2.75) is 36.7 Å². The molecule has 2 aromatic carbocycles. The van der Waals surface area contributed by atoms with E-state index in [1.165, 1.54) is 23.1 Å². The van der Waals surface area contributed by atoms with Crippen molar-refractivity contribution in [2.75, 3.05) is 52.2 Å². The summed E-state index contributed by atoms with van der Waals surface area (Å²) in [6.45, 7) is 1.81. The molecule has 1 atom stereocenters. The average Bonchev–Trinajstić information content (AvgIpc) is 2.86. The Labute approximate surface area is 225 Å². The summed E-state index contributed by atoms with van der Waals surface area (Å²) in [4.78, 5) is 32.2. The van der Waals surface area contributed by atoms with Crippen LogP contribution in [0.3, 0.4) is 0 Å². The molecule has 0 radical (unpaired) electrons. The van der Waals surface area contributed by atoms with Crippen LogP contribution >= 0.6 is 11.6 Å². The molecule has 4 rings (SSSR count). The zero-order chi connectivity index (χ0) is 27.8. The van der Waals surface area contributed by atoms with Gasteiger partial charge in [-0.15, -0.1) is 0 Å². The molecule has 0 aliphatic carbocycles. The Kier molecular flexibility index (Phi) is 7.97. The predicted octanol–water partition coefficient (Wildman–Crippen LogP) is 3.60. The minimum absolute atomic E-state index is 0.142. The van der Waals surface area contributed by atoms with E-state index in [-0.39, 0.29) is 31.1 Å². The third-order valence-electron chi connectivity index (χ3n) is 7.61. The van der Waals surface area contributed by atoms with E-state index in [4.69, 9.17) is 11.6 Å². The maximum atomic E-state index is 13.9. The number of alkyl halides is 3. The number of piperidine rings is 1. The van der Waals surface area contributed by atoms with Gasteiger partial charge in [-0.25, -0.2) is 0 Å². The van der Waals surface area contributed by atoms with Crippen molar-refractivity contribution in [2.24, 2.45) is 0 Å². The fourth-order valence-corrected chi connectivity index (χ4v) is 5.39. The standard InChI is InChI=1S/C27H32ClF3N4O3/c1-32(2)24(36)22-10-9-20(15-23(22)28)33(3)21-16-35(17-21)19-11-13-34(14-12-19)25(37)26(38,27(29,30)31)18-7-5-4-6-8-18/h4-10,15,19,21,38H,11-14,16-17H2,1-3H3/t26-/m1/s1. The zero-order valence-corrected chi connectivity index (χ0v) is 22.3. The normalized spacial score (nSPS) is 19.0. The molecule has 2 amide bonds. The van der Waals surface area contributed by atoms with Gasteiger partial charge >= 0.3 is 6.18 Å². The second-order valence-corrected chi connectivity index (χ2v) is 10.6. The summed E-state index contributed by atoms with van der Waals surface area (Å²) in [7, 11) is 5.30. The lowest BCUT2D eigenvalue weighted by Gasteiger charge is -2.50. The number of amides is 2. The topological polar surface area (TPSA) is 67.3 Å². The first-order valence-electron chi connectivity index (χ1n) is 12.5. The average molecular weight is 553 g/mol. The number of rotatable bonds is 6. The maximum absolute atomic E-state index is 13.9. The molecule has 2 fully saturated rings. The molecule has 2 heterocycles. The highest BCUT2D eigenvalue weighted by Crippen LogP contribution is 2.41. The van der Waals surface area contributed by atoms with E-state index < -0.39 is 23.2 Å². The van der Waals surface area contributed by atoms with Gasteiger partial charge in [0.1, 0.15) is 0 Å². The summed E-state index contributed by atoms with van der Waals surface area (Å²) in [6, 6.07) is 12.2. The third kappa shape index (κ3) is 5.21. The van der Waals surface area contributed by atoms with Crippen LogP contribution in [0.15, 0.2) is 48.5 Å². The lowest BCUT2D eigenvalue weighted by molar-refractivity contribution is -0.262. The Morgan fingerprint density at radius 2 is 1.61 bits per heavy atom.